The van der Waals surface area contributed by atoms with Gasteiger partial charge in [-0.2, -0.15) is 5.26 Å². The van der Waals surface area contributed by atoms with Crippen LogP contribution >= 0.6 is 11.3 Å². The SMILES string of the molecule is CC(C)(C#N)CNC(=O)c1cncc(-c2cnc3[nH]c(-c4cscn4)cc3c2)n1. The average molecular weight is 403 g/mol. The topological polar surface area (TPSA) is 120 Å². The summed E-state index contributed by atoms with van der Waals surface area (Å²) in [7, 11) is 0. The molecule has 0 unspecified atom stereocenters. The molecule has 0 saturated carbocycles. The highest BCUT2D eigenvalue weighted by molar-refractivity contribution is 7.07. The Balaban J connectivity index is 1.60. The molecular formula is C20H17N7OS. The first-order valence-corrected chi connectivity index (χ1v) is 9.79. The molecule has 0 saturated heterocycles. The molecule has 0 atom stereocenters. The predicted molar refractivity (Wildman–Crippen MR) is 110 cm³/mol. The Morgan fingerprint density at radius 2 is 2.10 bits per heavy atom. The van der Waals surface area contributed by atoms with Gasteiger partial charge >= 0.3 is 0 Å². The third-order valence-corrected chi connectivity index (χ3v) is 4.92. The van der Waals surface area contributed by atoms with E-state index in [4.69, 9.17) is 5.26 Å². The van der Waals surface area contributed by atoms with Crippen molar-refractivity contribution in [3.8, 4) is 28.7 Å². The Kier molecular flexibility index (Phi) is 4.78. The van der Waals surface area contributed by atoms with E-state index in [1.165, 1.54) is 17.5 Å². The second kappa shape index (κ2) is 7.41. The van der Waals surface area contributed by atoms with Crippen LogP contribution in [0.25, 0.3) is 33.7 Å². The van der Waals surface area contributed by atoms with Crippen molar-refractivity contribution in [2.24, 2.45) is 5.41 Å². The lowest BCUT2D eigenvalue weighted by molar-refractivity contribution is 0.0938. The Labute approximate surface area is 170 Å². The fourth-order valence-electron chi connectivity index (χ4n) is 2.68. The van der Waals surface area contributed by atoms with Crippen LogP contribution in [0.15, 0.2) is 41.6 Å². The number of rotatable bonds is 5. The molecule has 4 heterocycles. The van der Waals surface area contributed by atoms with Crippen LogP contribution in [0.5, 0.6) is 0 Å². The Bertz CT molecular complexity index is 1220. The van der Waals surface area contributed by atoms with Crippen molar-refractivity contribution in [2.45, 2.75) is 13.8 Å². The lowest BCUT2D eigenvalue weighted by Gasteiger charge is -2.15. The zero-order valence-corrected chi connectivity index (χ0v) is 16.6. The minimum Gasteiger partial charge on any atom is -0.349 e. The summed E-state index contributed by atoms with van der Waals surface area (Å²) in [6.07, 6.45) is 4.68. The van der Waals surface area contributed by atoms with Gasteiger partial charge in [0.05, 0.1) is 46.5 Å². The molecule has 29 heavy (non-hydrogen) atoms. The first-order chi connectivity index (χ1) is 13.9. The normalized spacial score (nSPS) is 11.3. The molecule has 1 amide bonds. The number of nitrogens with zero attached hydrogens (tertiary/aromatic N) is 5. The minimum atomic E-state index is -0.654. The van der Waals surface area contributed by atoms with Gasteiger partial charge in [-0.1, -0.05) is 0 Å². The molecule has 4 aromatic rings. The van der Waals surface area contributed by atoms with E-state index in [0.29, 0.717) is 5.69 Å². The Morgan fingerprint density at radius 3 is 2.86 bits per heavy atom. The zero-order valence-electron chi connectivity index (χ0n) is 15.8. The van der Waals surface area contributed by atoms with Crippen LogP contribution in [0, 0.1) is 16.7 Å². The summed E-state index contributed by atoms with van der Waals surface area (Å²) in [5, 5.41) is 14.7. The van der Waals surface area contributed by atoms with Gasteiger partial charge < -0.3 is 10.3 Å². The van der Waals surface area contributed by atoms with Crippen molar-refractivity contribution >= 4 is 28.3 Å². The van der Waals surface area contributed by atoms with Gasteiger partial charge in [-0.25, -0.2) is 15.0 Å². The molecule has 0 spiro atoms. The number of H-pyrrole nitrogens is 1. The molecule has 0 aliphatic rings. The van der Waals surface area contributed by atoms with Crippen LogP contribution in [0.4, 0.5) is 0 Å². The number of hydrogen-bond acceptors (Lipinski definition) is 7. The lowest BCUT2D eigenvalue weighted by Crippen LogP contribution is -2.33. The average Bonchev–Trinajstić information content (AvgIpc) is 3.41. The van der Waals surface area contributed by atoms with Crippen LogP contribution < -0.4 is 5.32 Å². The molecule has 4 aromatic heterocycles. The van der Waals surface area contributed by atoms with Gasteiger partial charge in [0.15, 0.2) is 0 Å². The molecule has 0 aliphatic carbocycles. The first-order valence-electron chi connectivity index (χ1n) is 8.84. The third-order valence-electron chi connectivity index (χ3n) is 4.33. The molecular weight excluding hydrogens is 386 g/mol. The maximum Gasteiger partial charge on any atom is 0.271 e. The first kappa shape index (κ1) is 18.7. The maximum absolute atomic E-state index is 12.4. The highest BCUT2D eigenvalue weighted by Crippen LogP contribution is 2.26. The number of aromatic amines is 1. The van der Waals surface area contributed by atoms with Crippen molar-refractivity contribution in [1.29, 1.82) is 5.26 Å². The molecule has 0 aromatic carbocycles. The number of aromatic nitrogens is 5. The van der Waals surface area contributed by atoms with E-state index in [9.17, 15) is 4.79 Å². The lowest BCUT2D eigenvalue weighted by atomic mass is 9.96. The monoisotopic (exact) mass is 403 g/mol. The van der Waals surface area contributed by atoms with E-state index in [-0.39, 0.29) is 18.1 Å². The van der Waals surface area contributed by atoms with Crippen LogP contribution in [0.2, 0.25) is 0 Å². The number of carbonyl (C=O) groups excluding carboxylic acids is 1. The van der Waals surface area contributed by atoms with Gasteiger partial charge in [-0.15, -0.1) is 11.3 Å². The summed E-state index contributed by atoms with van der Waals surface area (Å²) in [6.45, 7) is 3.74. The quantitative estimate of drug-likeness (QED) is 0.527. The van der Waals surface area contributed by atoms with Crippen molar-refractivity contribution in [1.82, 2.24) is 30.2 Å². The number of nitriles is 1. The Morgan fingerprint density at radius 1 is 1.24 bits per heavy atom. The largest absolute Gasteiger partial charge is 0.349 e. The number of pyridine rings is 1. The van der Waals surface area contributed by atoms with Crippen molar-refractivity contribution in [3.63, 3.8) is 0 Å². The summed E-state index contributed by atoms with van der Waals surface area (Å²) in [5.74, 6) is -0.371. The van der Waals surface area contributed by atoms with Gasteiger partial charge in [0.1, 0.15) is 11.3 Å². The highest BCUT2D eigenvalue weighted by Gasteiger charge is 2.19. The van der Waals surface area contributed by atoms with Gasteiger partial charge in [0.2, 0.25) is 0 Å². The number of nitrogens with one attached hydrogen (secondary N) is 2. The van der Waals surface area contributed by atoms with E-state index in [0.717, 1.165) is 28.0 Å². The fraction of sp³-hybridized carbons (Fsp3) is 0.200. The maximum atomic E-state index is 12.4. The Hall–Kier alpha value is -3.64. The molecule has 2 N–H and O–H groups in total. The minimum absolute atomic E-state index is 0.188. The highest BCUT2D eigenvalue weighted by atomic mass is 32.1. The smallest absolute Gasteiger partial charge is 0.271 e. The summed E-state index contributed by atoms with van der Waals surface area (Å²) in [4.78, 5) is 33.0. The van der Waals surface area contributed by atoms with Crippen molar-refractivity contribution in [3.05, 3.63) is 47.3 Å². The summed E-state index contributed by atoms with van der Waals surface area (Å²) < 4.78 is 0. The molecule has 144 valence electrons. The standard InChI is InChI=1S/C20H17N7OS/c1-20(2,9-21)10-24-19(28)16-7-22-6-15(26-16)13-3-12-4-14(17-8-29-11-25-17)27-18(12)23-5-13/h3-8,11H,10H2,1-2H3,(H,23,27)(H,24,28). The van der Waals surface area contributed by atoms with Gasteiger partial charge in [0.25, 0.3) is 5.91 Å². The number of amides is 1. The van der Waals surface area contributed by atoms with Crippen LogP contribution in [-0.4, -0.2) is 37.4 Å². The molecule has 9 heteroatoms. The molecule has 4 rings (SSSR count). The summed E-state index contributed by atoms with van der Waals surface area (Å²) in [6, 6.07) is 6.07. The number of thiazole rings is 1. The van der Waals surface area contributed by atoms with Crippen LogP contribution in [0.3, 0.4) is 0 Å². The summed E-state index contributed by atoms with van der Waals surface area (Å²) >= 11 is 1.53. The fourth-order valence-corrected chi connectivity index (χ4v) is 3.24. The molecule has 8 nitrogen and oxygen atoms in total. The number of hydrogen-bond donors (Lipinski definition) is 2. The van der Waals surface area contributed by atoms with Gasteiger partial charge in [-0.05, 0) is 26.0 Å². The third kappa shape index (κ3) is 3.97. The van der Waals surface area contributed by atoms with Crippen LogP contribution in [0.1, 0.15) is 24.3 Å². The molecule has 0 radical (unpaired) electrons. The van der Waals surface area contributed by atoms with Crippen molar-refractivity contribution < 1.29 is 4.79 Å². The molecule has 0 aliphatic heterocycles. The second-order valence-corrected chi connectivity index (χ2v) is 7.91. The van der Waals surface area contributed by atoms with E-state index < -0.39 is 5.41 Å². The van der Waals surface area contributed by atoms with Crippen molar-refractivity contribution in [2.75, 3.05) is 6.54 Å². The summed E-state index contributed by atoms with van der Waals surface area (Å²) in [5.41, 5.74) is 5.12. The van der Waals surface area contributed by atoms with Gasteiger partial charge in [-0.3, -0.25) is 9.78 Å². The number of carbonyl (C=O) groups is 1. The van der Waals surface area contributed by atoms with E-state index in [1.807, 2.05) is 17.5 Å². The van der Waals surface area contributed by atoms with E-state index in [2.05, 4.69) is 36.3 Å². The molecule has 0 bridgehead atoms. The van der Waals surface area contributed by atoms with E-state index >= 15 is 0 Å². The predicted octanol–water partition coefficient (Wildman–Crippen LogP) is 3.42. The van der Waals surface area contributed by atoms with Crippen LogP contribution in [-0.2, 0) is 0 Å². The number of fused-ring (bicyclic) bond motifs is 1. The van der Waals surface area contributed by atoms with Gasteiger partial charge in [0, 0.05) is 29.1 Å². The molecule has 0 fully saturated rings. The zero-order chi connectivity index (χ0) is 20.4. The second-order valence-electron chi connectivity index (χ2n) is 7.19. The van der Waals surface area contributed by atoms with E-state index in [1.54, 1.807) is 31.8 Å².